The number of rotatable bonds is 3. The van der Waals surface area contributed by atoms with Crippen molar-refractivity contribution in [1.82, 2.24) is 4.98 Å². The van der Waals surface area contributed by atoms with Crippen LogP contribution in [0.5, 0.6) is 0 Å². The third-order valence-corrected chi connectivity index (χ3v) is 2.54. The summed E-state index contributed by atoms with van der Waals surface area (Å²) in [7, 11) is 0. The van der Waals surface area contributed by atoms with Crippen molar-refractivity contribution in [2.24, 2.45) is 0 Å². The normalized spacial score (nSPS) is 11.1. The molecule has 90 valence electrons. The molecule has 1 N–H and O–H groups in total. The zero-order valence-corrected chi connectivity index (χ0v) is 9.99. The Balaban J connectivity index is 2.55. The van der Waals surface area contributed by atoms with Crippen molar-refractivity contribution < 1.29 is 18.7 Å². The van der Waals surface area contributed by atoms with Gasteiger partial charge in [-0.1, -0.05) is 13.8 Å². The Bertz CT molecular complexity index is 556. The molecule has 2 heterocycles. The maximum Gasteiger partial charge on any atom is 0.373 e. The lowest BCUT2D eigenvalue weighted by Crippen LogP contribution is -2.01. The third-order valence-electron chi connectivity index (χ3n) is 2.24. The van der Waals surface area contributed by atoms with E-state index in [1.165, 1.54) is 6.26 Å². The molecule has 0 aliphatic rings. The summed E-state index contributed by atoms with van der Waals surface area (Å²) in [6.07, 6.45) is 1.39. The summed E-state index contributed by atoms with van der Waals surface area (Å²) in [6.45, 7) is 3.68. The van der Waals surface area contributed by atoms with Crippen molar-refractivity contribution in [3.8, 4) is 11.5 Å². The first kappa shape index (κ1) is 11.7. The number of aromatic carboxylic acids is 1. The van der Waals surface area contributed by atoms with Crippen LogP contribution >= 0.6 is 11.6 Å². The molecule has 5 nitrogen and oxygen atoms in total. The number of hydrogen-bond acceptors (Lipinski definition) is 4. The van der Waals surface area contributed by atoms with Gasteiger partial charge in [-0.05, 0) is 23.6 Å². The van der Waals surface area contributed by atoms with E-state index >= 15 is 0 Å². The molecule has 0 spiro atoms. The third kappa shape index (κ3) is 2.06. The lowest BCUT2D eigenvalue weighted by molar-refractivity contribution is 0.0661. The maximum atomic E-state index is 11.0. The van der Waals surface area contributed by atoms with Crippen LogP contribution in [0.25, 0.3) is 11.5 Å². The molecule has 6 heteroatoms. The molecule has 0 saturated carbocycles. The van der Waals surface area contributed by atoms with Gasteiger partial charge in [0.2, 0.25) is 16.9 Å². The topological polar surface area (TPSA) is 76.5 Å². The van der Waals surface area contributed by atoms with E-state index in [2.05, 4.69) is 4.98 Å². The minimum Gasteiger partial charge on any atom is -0.475 e. The van der Waals surface area contributed by atoms with Gasteiger partial charge in [-0.3, -0.25) is 0 Å². The standard InChI is InChI=1S/C11H10ClNO4/c1-5(2)7-8(11(14)15)17-10(13-7)6-3-4-16-9(6)12/h3-5H,1-2H3,(H,14,15). The minimum atomic E-state index is -1.15. The Morgan fingerprint density at radius 3 is 2.65 bits per heavy atom. The van der Waals surface area contributed by atoms with Gasteiger partial charge in [-0.2, -0.15) is 0 Å². The number of furan rings is 1. The SMILES string of the molecule is CC(C)c1nc(-c2ccoc2Cl)oc1C(=O)O. The average Bonchev–Trinajstić information content (AvgIpc) is 2.82. The molecule has 0 saturated heterocycles. The van der Waals surface area contributed by atoms with E-state index < -0.39 is 5.97 Å². The predicted molar refractivity (Wildman–Crippen MR) is 60.3 cm³/mol. The molecule has 2 aromatic heterocycles. The minimum absolute atomic E-state index is 0.0516. The van der Waals surface area contributed by atoms with Crippen LogP contribution in [0.15, 0.2) is 21.2 Å². The summed E-state index contributed by atoms with van der Waals surface area (Å²) in [5.74, 6) is -1.20. The van der Waals surface area contributed by atoms with Gasteiger partial charge >= 0.3 is 5.97 Å². The number of nitrogens with zero attached hydrogens (tertiary/aromatic N) is 1. The Morgan fingerprint density at radius 1 is 1.53 bits per heavy atom. The number of carbonyl (C=O) groups is 1. The molecule has 0 aliphatic heterocycles. The number of carboxylic acids is 1. The van der Waals surface area contributed by atoms with Crippen LogP contribution in [0.1, 0.15) is 36.0 Å². The summed E-state index contributed by atoms with van der Waals surface area (Å²) in [4.78, 5) is 15.1. The maximum absolute atomic E-state index is 11.0. The van der Waals surface area contributed by atoms with E-state index in [0.717, 1.165) is 0 Å². The highest BCUT2D eigenvalue weighted by molar-refractivity contribution is 6.31. The first-order chi connectivity index (χ1) is 8.00. The van der Waals surface area contributed by atoms with Crippen molar-refractivity contribution >= 4 is 17.6 Å². The fourth-order valence-electron chi connectivity index (χ4n) is 1.44. The molecule has 0 amide bonds. The van der Waals surface area contributed by atoms with Crippen LogP contribution in [0.3, 0.4) is 0 Å². The smallest absolute Gasteiger partial charge is 0.373 e. The number of hydrogen-bond donors (Lipinski definition) is 1. The second-order valence-corrected chi connectivity index (χ2v) is 4.14. The summed E-state index contributed by atoms with van der Waals surface area (Å²) in [6, 6.07) is 1.57. The van der Waals surface area contributed by atoms with Crippen molar-refractivity contribution in [2.75, 3.05) is 0 Å². The summed E-state index contributed by atoms with van der Waals surface area (Å²) < 4.78 is 10.1. The van der Waals surface area contributed by atoms with E-state index in [1.54, 1.807) is 6.07 Å². The first-order valence-corrected chi connectivity index (χ1v) is 5.36. The van der Waals surface area contributed by atoms with Gasteiger partial charge in [-0.25, -0.2) is 9.78 Å². The molecule has 0 radical (unpaired) electrons. The molecule has 0 unspecified atom stereocenters. The van der Waals surface area contributed by atoms with Gasteiger partial charge in [0, 0.05) is 0 Å². The molecule has 0 bridgehead atoms. The number of aromatic nitrogens is 1. The highest BCUT2D eigenvalue weighted by Crippen LogP contribution is 2.31. The van der Waals surface area contributed by atoms with Crippen LogP contribution in [-0.4, -0.2) is 16.1 Å². The zero-order valence-electron chi connectivity index (χ0n) is 9.23. The molecular formula is C11H10ClNO4. The van der Waals surface area contributed by atoms with Crippen molar-refractivity contribution in [2.45, 2.75) is 19.8 Å². The molecular weight excluding hydrogens is 246 g/mol. The van der Waals surface area contributed by atoms with E-state index in [0.29, 0.717) is 11.3 Å². The van der Waals surface area contributed by atoms with Crippen molar-refractivity contribution in [3.63, 3.8) is 0 Å². The van der Waals surface area contributed by atoms with Crippen molar-refractivity contribution in [1.29, 1.82) is 0 Å². The van der Waals surface area contributed by atoms with Crippen LogP contribution in [0.4, 0.5) is 0 Å². The van der Waals surface area contributed by atoms with Crippen LogP contribution < -0.4 is 0 Å². The van der Waals surface area contributed by atoms with Gasteiger partial charge in [0.05, 0.1) is 17.5 Å². The quantitative estimate of drug-likeness (QED) is 0.909. The van der Waals surface area contributed by atoms with Gasteiger partial charge in [-0.15, -0.1) is 0 Å². The number of carboxylic acid groups (broad SMARTS) is 1. The molecule has 0 atom stereocenters. The second kappa shape index (κ2) is 4.25. The van der Waals surface area contributed by atoms with Crippen LogP contribution in [0.2, 0.25) is 5.22 Å². The highest BCUT2D eigenvalue weighted by Gasteiger charge is 2.24. The lowest BCUT2D eigenvalue weighted by atomic mass is 10.1. The van der Waals surface area contributed by atoms with E-state index in [4.69, 9.17) is 25.5 Å². The predicted octanol–water partition coefficient (Wildman–Crippen LogP) is 3.41. The molecule has 17 heavy (non-hydrogen) atoms. The number of oxazole rings is 1. The van der Waals surface area contributed by atoms with E-state index in [9.17, 15) is 4.79 Å². The fourth-order valence-corrected chi connectivity index (χ4v) is 1.63. The molecule has 0 aromatic carbocycles. The zero-order chi connectivity index (χ0) is 12.6. The lowest BCUT2D eigenvalue weighted by Gasteiger charge is -1.98. The van der Waals surface area contributed by atoms with Crippen LogP contribution in [-0.2, 0) is 0 Å². The van der Waals surface area contributed by atoms with E-state index in [1.807, 2.05) is 13.8 Å². The Morgan fingerprint density at radius 2 is 2.24 bits per heavy atom. The number of halogens is 1. The van der Waals surface area contributed by atoms with E-state index in [-0.39, 0.29) is 22.8 Å². The molecule has 2 rings (SSSR count). The molecule has 0 aliphatic carbocycles. The van der Waals surface area contributed by atoms with Crippen molar-refractivity contribution in [3.05, 3.63) is 29.0 Å². The van der Waals surface area contributed by atoms with Gasteiger partial charge < -0.3 is 13.9 Å². The van der Waals surface area contributed by atoms with Gasteiger partial charge in [0.25, 0.3) is 0 Å². The first-order valence-electron chi connectivity index (χ1n) is 4.98. The second-order valence-electron chi connectivity index (χ2n) is 3.80. The molecule has 2 aromatic rings. The fraction of sp³-hybridized carbons (Fsp3) is 0.273. The summed E-state index contributed by atoms with van der Waals surface area (Å²) in [5, 5.41) is 9.13. The average molecular weight is 256 g/mol. The van der Waals surface area contributed by atoms with Gasteiger partial charge in [0.1, 0.15) is 0 Å². The molecule has 0 fully saturated rings. The monoisotopic (exact) mass is 255 g/mol. The summed E-state index contributed by atoms with van der Waals surface area (Å²) >= 11 is 5.78. The summed E-state index contributed by atoms with van der Waals surface area (Å²) in [5.41, 5.74) is 0.839. The van der Waals surface area contributed by atoms with Gasteiger partial charge in [0.15, 0.2) is 0 Å². The highest BCUT2D eigenvalue weighted by atomic mass is 35.5. The van der Waals surface area contributed by atoms with Crippen LogP contribution in [0, 0.1) is 0 Å². The Labute approximate surface area is 102 Å². The largest absolute Gasteiger partial charge is 0.475 e. The Hall–Kier alpha value is -1.75. The Kier molecular flexibility index (Phi) is 2.93.